The molecule has 0 saturated carbocycles. The second-order valence-corrected chi connectivity index (χ2v) is 5.31. The summed E-state index contributed by atoms with van der Waals surface area (Å²) in [5.41, 5.74) is 0.330. The maximum absolute atomic E-state index is 12.8. The lowest BCUT2D eigenvalue weighted by Gasteiger charge is -2.31. The third-order valence-electron chi connectivity index (χ3n) is 3.99. The molecule has 1 N–H and O–H groups in total. The topological polar surface area (TPSA) is 85.3 Å². The number of piperidine rings is 1. The largest absolute Gasteiger partial charge is 0.493 e. The number of benzene rings is 1. The highest BCUT2D eigenvalue weighted by Crippen LogP contribution is 2.40. The van der Waals surface area contributed by atoms with E-state index in [-0.39, 0.29) is 18.2 Å². The molecule has 126 valence electrons. The Balaban J connectivity index is 2.33. The number of rotatable bonds is 5. The Morgan fingerprint density at radius 3 is 2.39 bits per heavy atom. The van der Waals surface area contributed by atoms with Crippen molar-refractivity contribution in [3.63, 3.8) is 0 Å². The van der Waals surface area contributed by atoms with Crippen molar-refractivity contribution in [2.45, 2.75) is 12.8 Å². The van der Waals surface area contributed by atoms with E-state index >= 15 is 0 Å². The van der Waals surface area contributed by atoms with Crippen molar-refractivity contribution in [3.05, 3.63) is 17.7 Å². The zero-order valence-corrected chi connectivity index (χ0v) is 13.5. The first kappa shape index (κ1) is 16.9. The number of hydrogen-bond acceptors (Lipinski definition) is 5. The van der Waals surface area contributed by atoms with Crippen molar-refractivity contribution >= 4 is 11.9 Å². The summed E-state index contributed by atoms with van der Waals surface area (Å²) in [6, 6.07) is 3.24. The minimum absolute atomic E-state index is 0.200. The maximum Gasteiger partial charge on any atom is 0.308 e. The zero-order valence-electron chi connectivity index (χ0n) is 13.5. The standard InChI is InChI=1S/C16H21NO6/c1-21-12-7-6-11(13(22-2)14(12)23-3)15(18)17-8-4-5-10(9-17)16(19)20/h6-7,10H,4-5,8-9H2,1-3H3,(H,19,20). The Morgan fingerprint density at radius 1 is 1.13 bits per heavy atom. The molecule has 1 fully saturated rings. The van der Waals surface area contributed by atoms with E-state index in [9.17, 15) is 9.59 Å². The first-order chi connectivity index (χ1) is 11.0. The Morgan fingerprint density at radius 2 is 1.83 bits per heavy atom. The molecule has 1 amide bonds. The van der Waals surface area contributed by atoms with Gasteiger partial charge in [0.25, 0.3) is 5.91 Å². The van der Waals surface area contributed by atoms with Crippen LogP contribution in [0, 0.1) is 5.92 Å². The summed E-state index contributed by atoms with van der Waals surface area (Å²) in [6.07, 6.45) is 1.25. The molecule has 0 spiro atoms. The molecule has 0 radical (unpaired) electrons. The maximum atomic E-state index is 12.8. The van der Waals surface area contributed by atoms with Crippen molar-refractivity contribution in [3.8, 4) is 17.2 Å². The molecular formula is C16H21NO6. The number of carbonyl (C=O) groups excluding carboxylic acids is 1. The van der Waals surface area contributed by atoms with Crippen molar-refractivity contribution in [1.82, 2.24) is 4.90 Å². The summed E-state index contributed by atoms with van der Waals surface area (Å²) in [5.74, 6) is -0.584. The lowest BCUT2D eigenvalue weighted by atomic mass is 9.97. The van der Waals surface area contributed by atoms with Crippen LogP contribution in [-0.4, -0.2) is 56.3 Å². The number of carbonyl (C=O) groups is 2. The number of likely N-dealkylation sites (tertiary alicyclic amines) is 1. The van der Waals surface area contributed by atoms with E-state index in [1.807, 2.05) is 0 Å². The number of methoxy groups -OCH3 is 3. The van der Waals surface area contributed by atoms with Gasteiger partial charge in [-0.3, -0.25) is 9.59 Å². The van der Waals surface area contributed by atoms with E-state index < -0.39 is 11.9 Å². The minimum atomic E-state index is -0.873. The van der Waals surface area contributed by atoms with Gasteiger partial charge in [0.1, 0.15) is 0 Å². The van der Waals surface area contributed by atoms with E-state index in [0.717, 1.165) is 0 Å². The SMILES string of the molecule is COc1ccc(C(=O)N2CCCC(C(=O)O)C2)c(OC)c1OC. The number of nitrogens with zero attached hydrogens (tertiary/aromatic N) is 1. The lowest BCUT2D eigenvalue weighted by molar-refractivity contribution is -0.143. The molecule has 7 heteroatoms. The molecule has 23 heavy (non-hydrogen) atoms. The number of hydrogen-bond donors (Lipinski definition) is 1. The molecule has 1 aliphatic heterocycles. The van der Waals surface area contributed by atoms with Crippen LogP contribution in [-0.2, 0) is 4.79 Å². The molecule has 0 aromatic heterocycles. The molecule has 7 nitrogen and oxygen atoms in total. The third kappa shape index (κ3) is 3.33. The molecule has 1 atom stereocenters. The fourth-order valence-corrected chi connectivity index (χ4v) is 2.80. The van der Waals surface area contributed by atoms with Gasteiger partial charge in [-0.2, -0.15) is 0 Å². The molecule has 1 aromatic carbocycles. The number of ether oxygens (including phenoxy) is 3. The van der Waals surface area contributed by atoms with Gasteiger partial charge in [0.05, 0.1) is 32.8 Å². The van der Waals surface area contributed by atoms with E-state index in [1.54, 1.807) is 17.0 Å². The molecule has 1 heterocycles. The van der Waals surface area contributed by atoms with Gasteiger partial charge in [-0.1, -0.05) is 0 Å². The first-order valence-electron chi connectivity index (χ1n) is 7.34. The quantitative estimate of drug-likeness (QED) is 0.887. The predicted octanol–water partition coefficient (Wildman–Crippen LogP) is 1.65. The van der Waals surface area contributed by atoms with Gasteiger partial charge < -0.3 is 24.2 Å². The number of carboxylic acid groups (broad SMARTS) is 1. The second kappa shape index (κ2) is 7.21. The van der Waals surface area contributed by atoms with Crippen LogP contribution in [0.2, 0.25) is 0 Å². The zero-order chi connectivity index (χ0) is 17.0. The van der Waals surface area contributed by atoms with E-state index in [2.05, 4.69) is 0 Å². The van der Waals surface area contributed by atoms with Crippen molar-refractivity contribution < 1.29 is 28.9 Å². The molecule has 1 aromatic rings. The average molecular weight is 323 g/mol. The van der Waals surface area contributed by atoms with Gasteiger partial charge in [0.2, 0.25) is 5.75 Å². The number of carboxylic acids is 1. The van der Waals surface area contributed by atoms with Crippen LogP contribution in [0.15, 0.2) is 12.1 Å². The van der Waals surface area contributed by atoms with Crippen LogP contribution in [0.1, 0.15) is 23.2 Å². The fraction of sp³-hybridized carbons (Fsp3) is 0.500. The molecular weight excluding hydrogens is 302 g/mol. The number of aliphatic carboxylic acids is 1. The predicted molar refractivity (Wildman–Crippen MR) is 82.4 cm³/mol. The summed E-state index contributed by atoms with van der Waals surface area (Å²) in [6.45, 7) is 0.728. The van der Waals surface area contributed by atoms with Crippen LogP contribution in [0.3, 0.4) is 0 Å². The summed E-state index contributed by atoms with van der Waals surface area (Å²) in [4.78, 5) is 25.5. The van der Waals surface area contributed by atoms with Crippen molar-refractivity contribution in [1.29, 1.82) is 0 Å². The van der Waals surface area contributed by atoms with E-state index in [1.165, 1.54) is 21.3 Å². The molecule has 0 aliphatic carbocycles. The fourth-order valence-electron chi connectivity index (χ4n) is 2.80. The second-order valence-electron chi connectivity index (χ2n) is 5.31. The van der Waals surface area contributed by atoms with Gasteiger partial charge in [0.15, 0.2) is 11.5 Å². The summed E-state index contributed by atoms with van der Waals surface area (Å²) >= 11 is 0. The first-order valence-corrected chi connectivity index (χ1v) is 7.34. The van der Waals surface area contributed by atoms with Crippen LogP contribution in [0.5, 0.6) is 17.2 Å². The lowest BCUT2D eigenvalue weighted by Crippen LogP contribution is -2.42. The van der Waals surface area contributed by atoms with Crippen LogP contribution < -0.4 is 14.2 Å². The Hall–Kier alpha value is -2.44. The van der Waals surface area contributed by atoms with E-state index in [4.69, 9.17) is 19.3 Å². The summed E-state index contributed by atoms with van der Waals surface area (Å²) in [5, 5.41) is 9.16. The van der Waals surface area contributed by atoms with Gasteiger partial charge in [0, 0.05) is 13.1 Å². The highest BCUT2D eigenvalue weighted by atomic mass is 16.5. The van der Waals surface area contributed by atoms with Gasteiger partial charge in [-0.25, -0.2) is 0 Å². The molecule has 0 bridgehead atoms. The van der Waals surface area contributed by atoms with E-state index in [0.29, 0.717) is 36.4 Å². The third-order valence-corrected chi connectivity index (χ3v) is 3.99. The average Bonchev–Trinajstić information content (AvgIpc) is 2.59. The summed E-state index contributed by atoms with van der Waals surface area (Å²) in [7, 11) is 4.42. The molecule has 1 aliphatic rings. The Kier molecular flexibility index (Phi) is 5.31. The smallest absolute Gasteiger partial charge is 0.308 e. The highest BCUT2D eigenvalue weighted by Gasteiger charge is 2.31. The summed E-state index contributed by atoms with van der Waals surface area (Å²) < 4.78 is 15.8. The Labute approximate surface area is 134 Å². The normalized spacial score (nSPS) is 17.5. The molecule has 2 rings (SSSR count). The minimum Gasteiger partial charge on any atom is -0.493 e. The highest BCUT2D eigenvalue weighted by molar-refractivity contribution is 5.98. The van der Waals surface area contributed by atoms with Gasteiger partial charge >= 0.3 is 5.97 Å². The molecule has 1 unspecified atom stereocenters. The van der Waals surface area contributed by atoms with Crippen molar-refractivity contribution in [2.24, 2.45) is 5.92 Å². The molecule has 1 saturated heterocycles. The van der Waals surface area contributed by atoms with Crippen LogP contribution >= 0.6 is 0 Å². The number of amides is 1. The van der Waals surface area contributed by atoms with Crippen molar-refractivity contribution in [2.75, 3.05) is 34.4 Å². The van der Waals surface area contributed by atoms with Gasteiger partial charge in [-0.15, -0.1) is 0 Å². The van der Waals surface area contributed by atoms with Crippen LogP contribution in [0.25, 0.3) is 0 Å². The monoisotopic (exact) mass is 323 g/mol. The van der Waals surface area contributed by atoms with Crippen LogP contribution in [0.4, 0.5) is 0 Å². The van der Waals surface area contributed by atoms with Gasteiger partial charge in [-0.05, 0) is 25.0 Å². The Bertz CT molecular complexity index is 600.